The highest BCUT2D eigenvalue weighted by molar-refractivity contribution is 6.00. The summed E-state index contributed by atoms with van der Waals surface area (Å²) < 4.78 is 18.7. The second-order valence-corrected chi connectivity index (χ2v) is 11.3. The van der Waals surface area contributed by atoms with E-state index in [9.17, 15) is 19.2 Å². The quantitative estimate of drug-likeness (QED) is 0.246. The molecule has 0 unspecified atom stereocenters. The Bertz CT molecular complexity index is 1800. The first kappa shape index (κ1) is 32.1. The van der Waals surface area contributed by atoms with Crippen LogP contribution in [0.3, 0.4) is 0 Å². The maximum absolute atomic E-state index is 13.7. The van der Waals surface area contributed by atoms with Crippen LogP contribution in [-0.4, -0.2) is 90.7 Å². The van der Waals surface area contributed by atoms with Gasteiger partial charge in [0.2, 0.25) is 11.8 Å². The average Bonchev–Trinajstić information content (AvgIpc) is 3.84. The minimum Gasteiger partial charge on any atom is -0.486 e. The van der Waals surface area contributed by atoms with Crippen LogP contribution < -0.4 is 25.4 Å². The summed E-state index contributed by atoms with van der Waals surface area (Å²) in [5, 5.41) is 23.7. The van der Waals surface area contributed by atoms with Crippen LogP contribution in [0.1, 0.15) is 57.2 Å². The average molecular weight is 659 g/mol. The van der Waals surface area contributed by atoms with Crippen molar-refractivity contribution in [1.29, 1.82) is 0 Å². The van der Waals surface area contributed by atoms with E-state index in [4.69, 9.17) is 14.0 Å². The minimum absolute atomic E-state index is 0.0292. The van der Waals surface area contributed by atoms with Crippen LogP contribution in [0.15, 0.2) is 47.0 Å². The number of benzene rings is 2. The number of aryl methyl sites for hydroxylation is 3. The molecule has 3 N–H and O–H groups in total. The highest BCUT2D eigenvalue weighted by atomic mass is 16.5. The summed E-state index contributed by atoms with van der Waals surface area (Å²) >= 11 is 0. The van der Waals surface area contributed by atoms with E-state index in [1.165, 1.54) is 18.2 Å². The minimum atomic E-state index is -0.595. The standard InChI is InChI=1S/C31H34N10O7/c1-3-26-35-28(48-37-26)14-33-30(44)20-10-21-12-23(11-20)46-17-27(42)32-13-19-4-6-22(7-5-19)47-25-16-40(15-24(25)34-31(21)45)29(43)8-9-41-18(2)36-38-39-41/h4-7,10-12,24-25H,3,8-9,13-17H2,1-2H3,(H,32,42)(H,33,44)(H,34,45)/t24-,25-/m0/s1. The van der Waals surface area contributed by atoms with Crippen molar-refractivity contribution in [2.24, 2.45) is 0 Å². The highest BCUT2D eigenvalue weighted by Crippen LogP contribution is 2.23. The van der Waals surface area contributed by atoms with Crippen LogP contribution in [0.5, 0.6) is 11.5 Å². The van der Waals surface area contributed by atoms with Crippen molar-refractivity contribution in [3.63, 3.8) is 0 Å². The molecule has 0 radical (unpaired) electrons. The zero-order chi connectivity index (χ0) is 33.6. The second-order valence-electron chi connectivity index (χ2n) is 11.3. The number of hydrogen-bond donors (Lipinski definition) is 3. The van der Waals surface area contributed by atoms with Gasteiger partial charge in [0.15, 0.2) is 12.4 Å². The molecular formula is C31H34N10O7. The second kappa shape index (κ2) is 14.3. The first-order valence-corrected chi connectivity index (χ1v) is 15.5. The number of fused-ring (bicyclic) bond motifs is 7. The number of likely N-dealkylation sites (tertiary alicyclic amines) is 1. The molecule has 48 heavy (non-hydrogen) atoms. The molecule has 7 rings (SSSR count). The largest absolute Gasteiger partial charge is 0.486 e. The lowest BCUT2D eigenvalue weighted by atomic mass is 10.1. The highest BCUT2D eigenvalue weighted by Gasteiger charge is 2.38. The van der Waals surface area contributed by atoms with Crippen molar-refractivity contribution < 1.29 is 33.2 Å². The van der Waals surface area contributed by atoms with Crippen LogP contribution in [0.4, 0.5) is 0 Å². The number of tetrazole rings is 1. The van der Waals surface area contributed by atoms with E-state index in [2.05, 4.69) is 41.6 Å². The van der Waals surface area contributed by atoms with Gasteiger partial charge in [0.25, 0.3) is 17.7 Å². The summed E-state index contributed by atoms with van der Waals surface area (Å²) in [5.41, 5.74) is 1.05. The molecule has 4 bridgehead atoms. The lowest BCUT2D eigenvalue weighted by molar-refractivity contribution is -0.130. The smallest absolute Gasteiger partial charge is 0.258 e. The van der Waals surface area contributed by atoms with E-state index >= 15 is 0 Å². The van der Waals surface area contributed by atoms with Crippen molar-refractivity contribution in [2.75, 3.05) is 19.7 Å². The van der Waals surface area contributed by atoms with Crippen molar-refractivity contribution in [3.8, 4) is 11.5 Å². The molecule has 2 aromatic carbocycles. The zero-order valence-electron chi connectivity index (χ0n) is 26.3. The Hall–Kier alpha value is -5.87. The van der Waals surface area contributed by atoms with E-state index in [1.54, 1.807) is 28.6 Å². The Labute approximate surface area is 274 Å². The number of nitrogens with zero attached hydrogens (tertiary/aromatic N) is 7. The topological polar surface area (TPSA) is 209 Å². The van der Waals surface area contributed by atoms with Crippen LogP contribution in [0.2, 0.25) is 0 Å². The van der Waals surface area contributed by atoms with Gasteiger partial charge in [-0.15, -0.1) is 5.10 Å². The zero-order valence-corrected chi connectivity index (χ0v) is 26.3. The molecule has 1 fully saturated rings. The maximum Gasteiger partial charge on any atom is 0.258 e. The Morgan fingerprint density at radius 1 is 1.08 bits per heavy atom. The summed E-state index contributed by atoms with van der Waals surface area (Å²) in [6.07, 6.45) is 0.146. The molecule has 0 aliphatic carbocycles. The van der Waals surface area contributed by atoms with Gasteiger partial charge in [-0.2, -0.15) is 4.98 Å². The normalized spacial score (nSPS) is 17.8. The Kier molecular flexibility index (Phi) is 9.54. The van der Waals surface area contributed by atoms with Gasteiger partial charge in [0.05, 0.1) is 25.7 Å². The molecule has 17 heteroatoms. The fraction of sp³-hybridized carbons (Fsp3) is 0.387. The molecule has 0 saturated carbocycles. The molecule has 17 nitrogen and oxygen atoms in total. The Morgan fingerprint density at radius 2 is 1.92 bits per heavy atom. The van der Waals surface area contributed by atoms with E-state index in [0.717, 1.165) is 5.56 Å². The lowest BCUT2D eigenvalue weighted by Crippen LogP contribution is -2.45. The van der Waals surface area contributed by atoms with Crippen LogP contribution >= 0.6 is 0 Å². The predicted octanol–water partition coefficient (Wildman–Crippen LogP) is 0.344. The lowest BCUT2D eigenvalue weighted by Gasteiger charge is -2.21. The van der Waals surface area contributed by atoms with E-state index in [0.29, 0.717) is 30.4 Å². The van der Waals surface area contributed by atoms with Gasteiger partial charge in [-0.25, -0.2) is 4.68 Å². The van der Waals surface area contributed by atoms with E-state index in [-0.39, 0.29) is 67.9 Å². The fourth-order valence-electron chi connectivity index (χ4n) is 5.27. The van der Waals surface area contributed by atoms with Gasteiger partial charge in [-0.1, -0.05) is 24.2 Å². The van der Waals surface area contributed by atoms with Gasteiger partial charge < -0.3 is 34.8 Å². The van der Waals surface area contributed by atoms with Crippen molar-refractivity contribution in [1.82, 2.24) is 51.2 Å². The van der Waals surface area contributed by atoms with Gasteiger partial charge in [0, 0.05) is 37.1 Å². The van der Waals surface area contributed by atoms with Crippen LogP contribution in [0.25, 0.3) is 0 Å². The third kappa shape index (κ3) is 7.73. The number of nitrogens with one attached hydrogen (secondary N) is 3. The summed E-state index contributed by atoms with van der Waals surface area (Å²) in [6, 6.07) is 10.9. The van der Waals surface area contributed by atoms with Gasteiger partial charge >= 0.3 is 0 Å². The third-order valence-electron chi connectivity index (χ3n) is 7.91. The Morgan fingerprint density at radius 3 is 2.67 bits per heavy atom. The number of ether oxygens (including phenoxy) is 2. The molecule has 0 spiro atoms. The Balaban J connectivity index is 1.23. The van der Waals surface area contributed by atoms with Crippen LogP contribution in [-0.2, 0) is 35.6 Å². The number of carbonyl (C=O) groups is 4. The molecule has 3 aliphatic heterocycles. The third-order valence-corrected chi connectivity index (χ3v) is 7.91. The van der Waals surface area contributed by atoms with Gasteiger partial charge in [-0.3, -0.25) is 19.2 Å². The molecule has 4 amide bonds. The molecule has 2 atom stereocenters. The molecule has 3 aliphatic rings. The first-order chi connectivity index (χ1) is 23.2. The number of carbonyl (C=O) groups excluding carboxylic acids is 4. The van der Waals surface area contributed by atoms with E-state index < -0.39 is 29.9 Å². The van der Waals surface area contributed by atoms with Crippen LogP contribution in [0, 0.1) is 6.92 Å². The van der Waals surface area contributed by atoms with Crippen molar-refractivity contribution >= 4 is 23.6 Å². The van der Waals surface area contributed by atoms with Gasteiger partial charge in [-0.05, 0) is 53.2 Å². The summed E-state index contributed by atoms with van der Waals surface area (Å²) in [4.78, 5) is 58.6. The summed E-state index contributed by atoms with van der Waals surface area (Å²) in [5.74, 6) is 0.411. The molecule has 2 aromatic heterocycles. The number of aromatic nitrogens is 6. The number of hydrogen-bond acceptors (Lipinski definition) is 12. The monoisotopic (exact) mass is 658 g/mol. The first-order valence-electron chi connectivity index (χ1n) is 15.5. The molecule has 250 valence electrons. The fourth-order valence-corrected chi connectivity index (χ4v) is 5.27. The predicted molar refractivity (Wildman–Crippen MR) is 164 cm³/mol. The number of amides is 4. The summed E-state index contributed by atoms with van der Waals surface area (Å²) in [7, 11) is 0. The van der Waals surface area contributed by atoms with Crippen molar-refractivity contribution in [2.45, 2.75) is 58.5 Å². The molecule has 5 heterocycles. The van der Waals surface area contributed by atoms with Crippen molar-refractivity contribution in [3.05, 3.63) is 76.7 Å². The number of rotatable bonds is 7. The molecule has 4 aromatic rings. The summed E-state index contributed by atoms with van der Waals surface area (Å²) in [6.45, 7) is 4.22. The molecule has 1 saturated heterocycles. The van der Waals surface area contributed by atoms with Gasteiger partial charge in [0.1, 0.15) is 23.4 Å². The molecular weight excluding hydrogens is 624 g/mol. The SMILES string of the molecule is CCc1noc(CNC(=O)c2cc3cc(c2)C(=O)N[C@H]2CN(C(=O)CCn4nnnc4C)C[C@@H]2Oc2ccc(cc2)CNC(=O)CO3)n1. The maximum atomic E-state index is 13.7. The van der Waals surface area contributed by atoms with E-state index in [1.807, 2.05) is 19.1 Å².